The molecular formula is C26H30N4O5S. The Morgan fingerprint density at radius 1 is 1.11 bits per heavy atom. The molecule has 0 saturated carbocycles. The number of fused-ring (bicyclic) bond motifs is 1. The molecule has 0 radical (unpaired) electrons. The van der Waals surface area contributed by atoms with E-state index in [2.05, 4.69) is 16.0 Å². The van der Waals surface area contributed by atoms with Crippen LogP contribution in [0.4, 0.5) is 0 Å². The number of hydrogen-bond acceptors (Lipinski definition) is 7. The van der Waals surface area contributed by atoms with Gasteiger partial charge in [-0.2, -0.15) is 0 Å². The molecule has 3 heterocycles. The fourth-order valence-electron chi connectivity index (χ4n) is 4.31. The minimum atomic E-state index is -3.51. The third kappa shape index (κ3) is 4.86. The van der Waals surface area contributed by atoms with Crippen molar-refractivity contribution in [3.63, 3.8) is 0 Å². The second-order valence-electron chi connectivity index (χ2n) is 8.88. The molecule has 3 aromatic heterocycles. The fourth-order valence-corrected chi connectivity index (χ4v) is 5.20. The first-order valence-corrected chi connectivity index (χ1v) is 13.6. The first-order valence-electron chi connectivity index (χ1n) is 11.5. The molecule has 0 aliphatic carbocycles. The van der Waals surface area contributed by atoms with Gasteiger partial charge in [0.25, 0.3) is 5.88 Å². The maximum Gasteiger partial charge on any atom is 0.330 e. The Hall–Kier alpha value is -3.66. The summed E-state index contributed by atoms with van der Waals surface area (Å²) in [5, 5.41) is 0. The molecule has 0 fully saturated rings. The highest BCUT2D eigenvalue weighted by atomic mass is 32.2. The largest absolute Gasteiger partial charge is 0.491 e. The van der Waals surface area contributed by atoms with Gasteiger partial charge in [-0.05, 0) is 50.1 Å². The zero-order valence-electron chi connectivity index (χ0n) is 21.3. The van der Waals surface area contributed by atoms with E-state index < -0.39 is 15.9 Å². The van der Waals surface area contributed by atoms with E-state index in [0.29, 0.717) is 29.2 Å². The SMILES string of the molecule is CCOc1nc(C(CS(C)(=O)=O)n2c(=O)n(C)c3cc(-c4cc(C)ccc4C)cnc32)ccc1OC. The summed E-state index contributed by atoms with van der Waals surface area (Å²) in [5.41, 5.74) is 5.04. The van der Waals surface area contributed by atoms with Crippen molar-refractivity contribution < 1.29 is 17.9 Å². The van der Waals surface area contributed by atoms with Crippen molar-refractivity contribution in [2.75, 3.05) is 25.7 Å². The van der Waals surface area contributed by atoms with Crippen molar-refractivity contribution >= 4 is 21.0 Å². The van der Waals surface area contributed by atoms with Gasteiger partial charge in [-0.25, -0.2) is 23.2 Å². The minimum absolute atomic E-state index is 0.231. The highest BCUT2D eigenvalue weighted by molar-refractivity contribution is 7.90. The lowest BCUT2D eigenvalue weighted by Crippen LogP contribution is -2.31. The summed E-state index contributed by atoms with van der Waals surface area (Å²) in [6.07, 6.45) is 2.85. The van der Waals surface area contributed by atoms with Gasteiger partial charge in [-0.1, -0.05) is 23.8 Å². The zero-order valence-corrected chi connectivity index (χ0v) is 22.1. The maximum absolute atomic E-state index is 13.5. The van der Waals surface area contributed by atoms with Crippen LogP contribution in [0.3, 0.4) is 0 Å². The lowest BCUT2D eigenvalue weighted by molar-refractivity contribution is 0.296. The summed E-state index contributed by atoms with van der Waals surface area (Å²) in [4.78, 5) is 22.7. The van der Waals surface area contributed by atoms with Gasteiger partial charge >= 0.3 is 5.69 Å². The van der Waals surface area contributed by atoms with Crippen molar-refractivity contribution in [3.05, 3.63) is 69.9 Å². The van der Waals surface area contributed by atoms with E-state index in [1.54, 1.807) is 25.4 Å². The minimum Gasteiger partial charge on any atom is -0.491 e. The highest BCUT2D eigenvalue weighted by Gasteiger charge is 2.28. The van der Waals surface area contributed by atoms with Crippen LogP contribution in [0.5, 0.6) is 11.6 Å². The van der Waals surface area contributed by atoms with Crippen molar-refractivity contribution in [3.8, 4) is 22.8 Å². The van der Waals surface area contributed by atoms with Gasteiger partial charge < -0.3 is 9.47 Å². The van der Waals surface area contributed by atoms with Crippen molar-refractivity contribution in [2.45, 2.75) is 26.8 Å². The predicted molar refractivity (Wildman–Crippen MR) is 140 cm³/mol. The molecule has 0 bridgehead atoms. The predicted octanol–water partition coefficient (Wildman–Crippen LogP) is 3.46. The van der Waals surface area contributed by atoms with Crippen LogP contribution >= 0.6 is 0 Å². The van der Waals surface area contributed by atoms with E-state index in [1.165, 1.54) is 16.2 Å². The summed E-state index contributed by atoms with van der Waals surface area (Å²) in [5.74, 6) is 0.312. The quantitative estimate of drug-likeness (QED) is 0.357. The van der Waals surface area contributed by atoms with E-state index in [4.69, 9.17) is 9.47 Å². The molecule has 36 heavy (non-hydrogen) atoms. The van der Waals surface area contributed by atoms with Crippen molar-refractivity contribution in [2.24, 2.45) is 7.05 Å². The van der Waals surface area contributed by atoms with Crippen LogP contribution in [-0.2, 0) is 16.9 Å². The molecule has 9 nitrogen and oxygen atoms in total. The van der Waals surface area contributed by atoms with Crippen LogP contribution in [0, 0.1) is 13.8 Å². The average Bonchev–Trinajstić information content (AvgIpc) is 3.08. The van der Waals surface area contributed by atoms with E-state index in [0.717, 1.165) is 28.5 Å². The molecule has 4 rings (SSSR count). The van der Waals surface area contributed by atoms with Crippen molar-refractivity contribution in [1.29, 1.82) is 0 Å². The average molecular weight is 511 g/mol. The standard InChI is InChI=1S/C26H30N4O5S/c1-7-35-25-23(34-5)11-10-20(28-25)22(15-36(6,32)33)30-24-21(29(4)26(30)31)13-18(14-27-24)19-12-16(2)8-9-17(19)3/h8-14,22H,7,15H2,1-6H3. The van der Waals surface area contributed by atoms with Crippen LogP contribution in [0.25, 0.3) is 22.3 Å². The molecule has 190 valence electrons. The Kier molecular flexibility index (Phi) is 6.90. The van der Waals surface area contributed by atoms with Gasteiger partial charge in [0, 0.05) is 25.1 Å². The summed E-state index contributed by atoms with van der Waals surface area (Å²) in [7, 11) is -0.354. The number of aromatic nitrogens is 4. The second-order valence-corrected chi connectivity index (χ2v) is 11.1. The summed E-state index contributed by atoms with van der Waals surface area (Å²) >= 11 is 0. The monoisotopic (exact) mass is 510 g/mol. The Bertz CT molecular complexity index is 1600. The molecule has 1 aromatic carbocycles. The first-order chi connectivity index (χ1) is 17.0. The Morgan fingerprint density at radius 3 is 2.53 bits per heavy atom. The third-order valence-corrected chi connectivity index (χ3v) is 7.02. The fraction of sp³-hybridized carbons (Fsp3) is 0.346. The molecule has 0 amide bonds. The number of sulfone groups is 1. The number of ether oxygens (including phenoxy) is 2. The number of benzene rings is 1. The van der Waals surface area contributed by atoms with Gasteiger partial charge in [0.15, 0.2) is 11.4 Å². The third-order valence-electron chi connectivity index (χ3n) is 6.10. The van der Waals surface area contributed by atoms with Crippen LogP contribution in [0.15, 0.2) is 47.4 Å². The number of rotatable bonds is 8. The zero-order chi connectivity index (χ0) is 26.2. The van der Waals surface area contributed by atoms with E-state index in [1.807, 2.05) is 39.0 Å². The van der Waals surface area contributed by atoms with Gasteiger partial charge in [0.05, 0.1) is 36.7 Å². The molecule has 1 unspecified atom stereocenters. The van der Waals surface area contributed by atoms with Crippen LogP contribution in [0.1, 0.15) is 29.8 Å². The number of hydrogen-bond donors (Lipinski definition) is 0. The molecule has 0 spiro atoms. The lowest BCUT2D eigenvalue weighted by Gasteiger charge is -2.19. The second kappa shape index (κ2) is 9.77. The molecule has 0 aliphatic rings. The summed E-state index contributed by atoms with van der Waals surface area (Å²) in [6, 6.07) is 10.5. The molecule has 4 aromatic rings. The number of pyridine rings is 2. The van der Waals surface area contributed by atoms with Crippen LogP contribution < -0.4 is 15.2 Å². The van der Waals surface area contributed by atoms with E-state index >= 15 is 0 Å². The topological polar surface area (TPSA) is 105 Å². The summed E-state index contributed by atoms with van der Waals surface area (Å²) < 4.78 is 38.7. The number of imidazole rings is 1. The van der Waals surface area contributed by atoms with Gasteiger partial charge in [-0.3, -0.25) is 9.13 Å². The van der Waals surface area contributed by atoms with E-state index in [9.17, 15) is 13.2 Å². The van der Waals surface area contributed by atoms with Crippen LogP contribution in [-0.4, -0.2) is 53.2 Å². The Labute approximate surface area is 210 Å². The van der Waals surface area contributed by atoms with E-state index in [-0.39, 0.29) is 17.3 Å². The Morgan fingerprint density at radius 2 is 1.86 bits per heavy atom. The number of aryl methyl sites for hydroxylation is 3. The molecule has 0 saturated heterocycles. The lowest BCUT2D eigenvalue weighted by atomic mass is 10.00. The van der Waals surface area contributed by atoms with Gasteiger partial charge in [-0.15, -0.1) is 0 Å². The molecule has 10 heteroatoms. The van der Waals surface area contributed by atoms with Gasteiger partial charge in [0.1, 0.15) is 9.84 Å². The Balaban J connectivity index is 1.94. The first kappa shape index (κ1) is 25.4. The van der Waals surface area contributed by atoms with Crippen LogP contribution in [0.2, 0.25) is 0 Å². The summed E-state index contributed by atoms with van der Waals surface area (Å²) in [6.45, 7) is 6.21. The maximum atomic E-state index is 13.5. The molecular weight excluding hydrogens is 480 g/mol. The number of methoxy groups -OCH3 is 1. The molecule has 1 atom stereocenters. The van der Waals surface area contributed by atoms with Crippen molar-refractivity contribution in [1.82, 2.24) is 19.1 Å². The number of nitrogens with zero attached hydrogens (tertiary/aromatic N) is 4. The molecule has 0 N–H and O–H groups in total. The smallest absolute Gasteiger partial charge is 0.330 e. The highest BCUT2D eigenvalue weighted by Crippen LogP contribution is 2.31. The van der Waals surface area contributed by atoms with Gasteiger partial charge in [0.2, 0.25) is 0 Å². The normalized spacial score (nSPS) is 12.6. The molecule has 0 aliphatic heterocycles.